The normalized spacial score (nSPS) is 24.9. The minimum absolute atomic E-state index is 0.223. The second-order valence-corrected chi connectivity index (χ2v) is 5.07. The van der Waals surface area contributed by atoms with Crippen molar-refractivity contribution in [1.82, 2.24) is 4.98 Å². The molecule has 2 rings (SSSR count). The first-order valence-electron chi connectivity index (χ1n) is 4.63. The smallest absolute Gasteiger partial charge is 0.122 e. The molecule has 0 bridgehead atoms. The largest absolute Gasteiger partial charge is 0.387 e. The molecule has 1 aromatic rings. The van der Waals surface area contributed by atoms with Gasteiger partial charge in [-0.1, -0.05) is 0 Å². The van der Waals surface area contributed by atoms with Crippen LogP contribution in [0.1, 0.15) is 23.8 Å². The number of aliphatic hydroxyl groups is 1. The van der Waals surface area contributed by atoms with Gasteiger partial charge in [0.15, 0.2) is 0 Å². The molecule has 2 unspecified atom stereocenters. The van der Waals surface area contributed by atoms with Crippen LogP contribution >= 0.6 is 27.3 Å². The summed E-state index contributed by atoms with van der Waals surface area (Å²) in [6.07, 6.45) is 1.64. The Morgan fingerprint density at radius 3 is 3.14 bits per heavy atom. The molecule has 1 aromatic heterocycles. The van der Waals surface area contributed by atoms with Crippen LogP contribution in [0.3, 0.4) is 0 Å². The van der Waals surface area contributed by atoms with Gasteiger partial charge in [-0.2, -0.15) is 0 Å². The monoisotopic (exact) mass is 277 g/mol. The van der Waals surface area contributed by atoms with E-state index in [9.17, 15) is 5.11 Å². The Balaban J connectivity index is 2.07. The van der Waals surface area contributed by atoms with E-state index in [1.807, 2.05) is 0 Å². The van der Waals surface area contributed by atoms with Gasteiger partial charge < -0.3 is 9.84 Å². The zero-order valence-corrected chi connectivity index (χ0v) is 10.1. The fraction of sp³-hybridized carbons (Fsp3) is 0.667. The summed E-state index contributed by atoms with van der Waals surface area (Å²) in [6.45, 7) is 1.48. The van der Waals surface area contributed by atoms with Crippen LogP contribution in [0.4, 0.5) is 0 Å². The third-order valence-electron chi connectivity index (χ3n) is 2.46. The Morgan fingerprint density at radius 1 is 1.71 bits per heavy atom. The Morgan fingerprint density at radius 2 is 2.57 bits per heavy atom. The summed E-state index contributed by atoms with van der Waals surface area (Å²) in [5, 5.41) is 10.1. The first kappa shape index (κ1) is 10.5. The van der Waals surface area contributed by atoms with Crippen molar-refractivity contribution in [2.45, 2.75) is 18.9 Å². The molecule has 1 aliphatic rings. The van der Waals surface area contributed by atoms with Crippen LogP contribution in [0.2, 0.25) is 0 Å². The van der Waals surface area contributed by atoms with Crippen LogP contribution in [-0.2, 0) is 4.74 Å². The SMILES string of the molecule is OC(c1scnc1Br)C1CCCOC1. The highest BCUT2D eigenvalue weighted by Crippen LogP contribution is 2.34. The lowest BCUT2D eigenvalue weighted by Crippen LogP contribution is -2.23. The van der Waals surface area contributed by atoms with Crippen LogP contribution in [0.25, 0.3) is 0 Å². The number of ether oxygens (including phenoxy) is 1. The molecular weight excluding hydrogens is 266 g/mol. The van der Waals surface area contributed by atoms with Crippen LogP contribution in [-0.4, -0.2) is 23.3 Å². The average molecular weight is 278 g/mol. The lowest BCUT2D eigenvalue weighted by molar-refractivity contribution is -0.00894. The van der Waals surface area contributed by atoms with Gasteiger partial charge in [-0.05, 0) is 28.8 Å². The maximum Gasteiger partial charge on any atom is 0.122 e. The van der Waals surface area contributed by atoms with Gasteiger partial charge in [0.2, 0.25) is 0 Å². The third kappa shape index (κ3) is 2.16. The van der Waals surface area contributed by atoms with E-state index < -0.39 is 6.10 Å². The molecule has 0 amide bonds. The molecule has 5 heteroatoms. The highest BCUT2D eigenvalue weighted by Gasteiger charge is 2.26. The topological polar surface area (TPSA) is 42.4 Å². The molecule has 0 aromatic carbocycles. The first-order chi connectivity index (χ1) is 6.79. The molecule has 0 aliphatic carbocycles. The molecule has 0 radical (unpaired) electrons. The van der Waals surface area contributed by atoms with E-state index in [0.717, 1.165) is 28.9 Å². The number of nitrogens with zero attached hydrogens (tertiary/aromatic N) is 1. The van der Waals surface area contributed by atoms with Crippen molar-refractivity contribution in [3.63, 3.8) is 0 Å². The summed E-state index contributed by atoms with van der Waals surface area (Å²) < 4.78 is 6.11. The molecule has 0 saturated carbocycles. The van der Waals surface area contributed by atoms with Gasteiger partial charge in [0.1, 0.15) is 4.60 Å². The predicted octanol–water partition coefficient (Wildman–Crippen LogP) is 2.37. The van der Waals surface area contributed by atoms with E-state index >= 15 is 0 Å². The number of hydrogen-bond acceptors (Lipinski definition) is 4. The van der Waals surface area contributed by atoms with Crippen molar-refractivity contribution < 1.29 is 9.84 Å². The van der Waals surface area contributed by atoms with E-state index in [4.69, 9.17) is 4.74 Å². The Bertz CT molecular complexity index is 299. The molecule has 1 fully saturated rings. The summed E-state index contributed by atoms with van der Waals surface area (Å²) in [7, 11) is 0. The van der Waals surface area contributed by atoms with Crippen LogP contribution in [0, 0.1) is 5.92 Å². The predicted molar refractivity (Wildman–Crippen MR) is 58.3 cm³/mol. The summed E-state index contributed by atoms with van der Waals surface area (Å²) in [5.41, 5.74) is 1.74. The van der Waals surface area contributed by atoms with E-state index in [0.29, 0.717) is 6.61 Å². The van der Waals surface area contributed by atoms with Gasteiger partial charge in [0, 0.05) is 12.5 Å². The zero-order valence-electron chi connectivity index (χ0n) is 7.65. The van der Waals surface area contributed by atoms with Gasteiger partial charge in [-0.3, -0.25) is 0 Å². The average Bonchev–Trinajstić information content (AvgIpc) is 2.65. The lowest BCUT2D eigenvalue weighted by atomic mass is 9.95. The number of aromatic nitrogens is 1. The highest BCUT2D eigenvalue weighted by atomic mass is 79.9. The minimum atomic E-state index is -0.433. The Hall–Kier alpha value is 0.0300. The molecule has 14 heavy (non-hydrogen) atoms. The molecular formula is C9H12BrNO2S. The van der Waals surface area contributed by atoms with Gasteiger partial charge in [0.25, 0.3) is 0 Å². The van der Waals surface area contributed by atoms with Crippen molar-refractivity contribution >= 4 is 27.3 Å². The van der Waals surface area contributed by atoms with Gasteiger partial charge >= 0.3 is 0 Å². The maximum atomic E-state index is 10.1. The van der Waals surface area contributed by atoms with Crippen LogP contribution in [0.15, 0.2) is 10.1 Å². The second kappa shape index (κ2) is 4.70. The molecule has 1 aliphatic heterocycles. The van der Waals surface area contributed by atoms with Gasteiger partial charge in [0.05, 0.1) is 23.1 Å². The summed E-state index contributed by atoms with van der Waals surface area (Å²) in [6, 6.07) is 0. The molecule has 0 spiro atoms. The minimum Gasteiger partial charge on any atom is -0.387 e. The van der Waals surface area contributed by atoms with Gasteiger partial charge in [-0.25, -0.2) is 4.98 Å². The van der Waals surface area contributed by atoms with Crippen molar-refractivity contribution in [1.29, 1.82) is 0 Å². The van der Waals surface area contributed by atoms with E-state index in [1.54, 1.807) is 5.51 Å². The second-order valence-electron chi connectivity index (χ2n) is 3.43. The lowest BCUT2D eigenvalue weighted by Gasteiger charge is -2.25. The standard InChI is InChI=1S/C9H12BrNO2S/c10-9-8(14-5-11-9)7(12)6-2-1-3-13-4-6/h5-7,12H,1-4H2. The van der Waals surface area contributed by atoms with Crippen molar-refractivity contribution in [2.75, 3.05) is 13.2 Å². The third-order valence-corrected chi connectivity index (χ3v) is 4.25. The van der Waals surface area contributed by atoms with Crippen molar-refractivity contribution in [3.05, 3.63) is 15.0 Å². The number of halogens is 1. The van der Waals surface area contributed by atoms with Gasteiger partial charge in [-0.15, -0.1) is 11.3 Å². The van der Waals surface area contributed by atoms with Crippen LogP contribution in [0.5, 0.6) is 0 Å². The number of hydrogen-bond donors (Lipinski definition) is 1. The van der Waals surface area contributed by atoms with E-state index in [2.05, 4.69) is 20.9 Å². The van der Waals surface area contributed by atoms with Crippen molar-refractivity contribution in [2.24, 2.45) is 5.92 Å². The summed E-state index contributed by atoms with van der Waals surface area (Å²) in [4.78, 5) is 4.98. The zero-order chi connectivity index (χ0) is 9.97. The Labute approximate surface area is 95.3 Å². The molecule has 78 valence electrons. The highest BCUT2D eigenvalue weighted by molar-refractivity contribution is 9.10. The molecule has 2 atom stereocenters. The first-order valence-corrected chi connectivity index (χ1v) is 6.31. The number of thiazole rings is 1. The maximum absolute atomic E-state index is 10.1. The number of rotatable bonds is 2. The molecule has 1 saturated heterocycles. The van der Waals surface area contributed by atoms with E-state index in [1.165, 1.54) is 11.3 Å². The van der Waals surface area contributed by atoms with Crippen molar-refractivity contribution in [3.8, 4) is 0 Å². The molecule has 2 heterocycles. The van der Waals surface area contributed by atoms with E-state index in [-0.39, 0.29) is 5.92 Å². The quantitative estimate of drug-likeness (QED) is 0.903. The fourth-order valence-electron chi connectivity index (χ4n) is 1.66. The molecule has 3 nitrogen and oxygen atoms in total. The summed E-state index contributed by atoms with van der Waals surface area (Å²) in [5.74, 6) is 0.223. The van der Waals surface area contributed by atoms with Crippen LogP contribution < -0.4 is 0 Å². The molecule has 1 N–H and O–H groups in total. The fourth-order valence-corrected chi connectivity index (χ4v) is 3.17. The summed E-state index contributed by atoms with van der Waals surface area (Å²) >= 11 is 4.82. The number of aliphatic hydroxyl groups excluding tert-OH is 1. The Kier molecular flexibility index (Phi) is 3.54.